The molecule has 0 fully saturated rings. The molecular weight excluding hydrogens is 392 g/mol. The monoisotopic (exact) mass is 446 g/mol. The number of unbranched alkanes of at least 4 members (excludes halogenated alkanes) is 14. The molecule has 0 aromatic carbocycles. The first kappa shape index (κ1) is 29.5. The van der Waals surface area contributed by atoms with Crippen molar-refractivity contribution in [3.8, 4) is 0 Å². The van der Waals surface area contributed by atoms with Gasteiger partial charge in [-0.25, -0.2) is 0 Å². The Labute approximate surface area is 191 Å². The molecule has 2 nitrogen and oxygen atoms in total. The lowest BCUT2D eigenvalue weighted by atomic mass is 10.0. The molecule has 29 heavy (non-hydrogen) atoms. The summed E-state index contributed by atoms with van der Waals surface area (Å²) in [6, 6.07) is 0. The normalized spacial score (nSPS) is 12.7. The van der Waals surface area contributed by atoms with E-state index >= 15 is 0 Å². The second-order valence-electron chi connectivity index (χ2n) is 8.64. The highest BCUT2D eigenvalue weighted by molar-refractivity contribution is 7.80. The minimum atomic E-state index is -1.51. The van der Waals surface area contributed by atoms with E-state index in [1.807, 2.05) is 0 Å². The summed E-state index contributed by atoms with van der Waals surface area (Å²) >= 11 is 4.40. The van der Waals surface area contributed by atoms with E-state index in [2.05, 4.69) is 33.4 Å². The first-order valence-corrected chi connectivity index (χ1v) is 15.4. The molecular formula is C25H54O2SSi. The maximum Gasteiger partial charge on any atom is 0.324 e. The van der Waals surface area contributed by atoms with E-state index in [1.165, 1.54) is 116 Å². The Balaban J connectivity index is 3.59. The number of hydrogen-bond acceptors (Lipinski definition) is 3. The Kier molecular flexibility index (Phi) is 25.2. The zero-order valence-electron chi connectivity index (χ0n) is 20.3. The van der Waals surface area contributed by atoms with Crippen molar-refractivity contribution in [2.75, 3.05) is 19.0 Å². The molecule has 0 saturated heterocycles. The molecule has 0 aliphatic heterocycles. The van der Waals surface area contributed by atoms with Crippen LogP contribution in [0.4, 0.5) is 0 Å². The van der Waals surface area contributed by atoms with Crippen LogP contribution in [0.1, 0.15) is 136 Å². The average molecular weight is 447 g/mol. The van der Waals surface area contributed by atoms with Gasteiger partial charge >= 0.3 is 9.28 Å². The van der Waals surface area contributed by atoms with E-state index in [0.717, 1.165) is 19.0 Å². The fraction of sp³-hybridized carbons (Fsp3) is 1.00. The van der Waals surface area contributed by atoms with Crippen LogP contribution in [0.25, 0.3) is 0 Å². The summed E-state index contributed by atoms with van der Waals surface area (Å²) in [6.45, 7) is 8.09. The van der Waals surface area contributed by atoms with Crippen LogP contribution < -0.4 is 0 Å². The zero-order chi connectivity index (χ0) is 21.4. The smallest absolute Gasteiger partial charge is 0.324 e. The summed E-state index contributed by atoms with van der Waals surface area (Å²) in [5, 5.41) is 0. The van der Waals surface area contributed by atoms with Crippen molar-refractivity contribution in [3.05, 3.63) is 0 Å². The van der Waals surface area contributed by atoms with Gasteiger partial charge in [-0.05, 0) is 44.4 Å². The van der Waals surface area contributed by atoms with Crippen molar-refractivity contribution in [3.63, 3.8) is 0 Å². The standard InChI is InChI=1S/C25H54O2SSi/c1-4-7-8-9-10-11-12-13-14-15-16-17-18-19-20-22-25(23-21-24-28)29(26-5-2)27-6-3/h25,28-29H,4-24H2,1-3H3. The molecule has 4 heteroatoms. The second-order valence-corrected chi connectivity index (χ2v) is 11.4. The summed E-state index contributed by atoms with van der Waals surface area (Å²) in [4.78, 5) is 0. The van der Waals surface area contributed by atoms with Gasteiger partial charge < -0.3 is 8.85 Å². The molecule has 0 aromatic rings. The quantitative estimate of drug-likeness (QED) is 0.0908. The summed E-state index contributed by atoms with van der Waals surface area (Å²) in [5.74, 6) is 0.981. The summed E-state index contributed by atoms with van der Waals surface area (Å²) in [7, 11) is -1.51. The van der Waals surface area contributed by atoms with Gasteiger partial charge in [-0.1, -0.05) is 103 Å². The molecule has 0 spiro atoms. The van der Waals surface area contributed by atoms with Crippen LogP contribution >= 0.6 is 12.6 Å². The van der Waals surface area contributed by atoms with E-state index in [1.54, 1.807) is 0 Å². The lowest BCUT2D eigenvalue weighted by molar-refractivity contribution is 0.199. The molecule has 0 rings (SSSR count). The maximum absolute atomic E-state index is 6.01. The molecule has 0 radical (unpaired) electrons. The highest BCUT2D eigenvalue weighted by Crippen LogP contribution is 2.27. The van der Waals surface area contributed by atoms with Crippen LogP contribution in [0.5, 0.6) is 0 Å². The van der Waals surface area contributed by atoms with Crippen molar-refractivity contribution < 1.29 is 8.85 Å². The molecule has 0 amide bonds. The lowest BCUT2D eigenvalue weighted by Crippen LogP contribution is -2.29. The van der Waals surface area contributed by atoms with Crippen LogP contribution in [-0.4, -0.2) is 28.3 Å². The van der Waals surface area contributed by atoms with E-state index < -0.39 is 9.28 Å². The maximum atomic E-state index is 6.01. The molecule has 176 valence electrons. The van der Waals surface area contributed by atoms with Crippen LogP contribution in [0.2, 0.25) is 5.54 Å². The van der Waals surface area contributed by atoms with Crippen molar-refractivity contribution in [1.82, 2.24) is 0 Å². The van der Waals surface area contributed by atoms with Gasteiger partial charge in [0.05, 0.1) is 0 Å². The topological polar surface area (TPSA) is 18.5 Å². The molecule has 1 atom stereocenters. The van der Waals surface area contributed by atoms with Crippen molar-refractivity contribution in [2.45, 2.75) is 142 Å². The van der Waals surface area contributed by atoms with E-state index in [9.17, 15) is 0 Å². The Bertz CT molecular complexity index is 299. The predicted octanol–water partition coefficient (Wildman–Crippen LogP) is 8.62. The SMILES string of the molecule is CCCCCCCCCCCCCCCCCC(CCCS)[SiH](OCC)OCC. The Morgan fingerprint density at radius 2 is 0.931 bits per heavy atom. The van der Waals surface area contributed by atoms with Crippen molar-refractivity contribution in [1.29, 1.82) is 0 Å². The summed E-state index contributed by atoms with van der Waals surface area (Å²) in [5.41, 5.74) is 0.670. The summed E-state index contributed by atoms with van der Waals surface area (Å²) in [6.07, 6.45) is 25.2. The third-order valence-corrected chi connectivity index (χ3v) is 9.03. The highest BCUT2D eigenvalue weighted by atomic mass is 32.1. The molecule has 0 aromatic heterocycles. The largest absolute Gasteiger partial charge is 0.397 e. The minimum absolute atomic E-state index is 0.670. The molecule has 0 aliphatic carbocycles. The molecule has 0 bridgehead atoms. The van der Waals surface area contributed by atoms with Gasteiger partial charge in [0, 0.05) is 13.2 Å². The van der Waals surface area contributed by atoms with Gasteiger partial charge in [-0.15, -0.1) is 0 Å². The van der Waals surface area contributed by atoms with E-state index in [0.29, 0.717) is 5.54 Å². The molecule has 0 saturated carbocycles. The van der Waals surface area contributed by atoms with Crippen LogP contribution in [0.15, 0.2) is 0 Å². The molecule has 0 heterocycles. The van der Waals surface area contributed by atoms with Gasteiger partial charge in [0.15, 0.2) is 0 Å². The lowest BCUT2D eigenvalue weighted by Gasteiger charge is -2.24. The Morgan fingerprint density at radius 1 is 0.552 bits per heavy atom. The Morgan fingerprint density at radius 3 is 1.31 bits per heavy atom. The molecule has 0 aliphatic rings. The van der Waals surface area contributed by atoms with Crippen LogP contribution in [-0.2, 0) is 8.85 Å². The fourth-order valence-corrected chi connectivity index (χ4v) is 6.69. The number of hydrogen-bond donors (Lipinski definition) is 1. The predicted molar refractivity (Wildman–Crippen MR) is 137 cm³/mol. The van der Waals surface area contributed by atoms with E-state index in [4.69, 9.17) is 8.85 Å². The third kappa shape index (κ3) is 20.2. The fourth-order valence-electron chi connectivity index (χ4n) is 4.20. The van der Waals surface area contributed by atoms with Gasteiger partial charge in [-0.2, -0.15) is 12.6 Å². The first-order valence-electron chi connectivity index (χ1n) is 13.1. The van der Waals surface area contributed by atoms with Crippen molar-refractivity contribution >= 4 is 21.9 Å². The highest BCUT2D eigenvalue weighted by Gasteiger charge is 2.24. The number of rotatable bonds is 24. The minimum Gasteiger partial charge on any atom is -0.397 e. The van der Waals surface area contributed by atoms with Gasteiger partial charge in [-0.3, -0.25) is 0 Å². The van der Waals surface area contributed by atoms with Crippen LogP contribution in [0.3, 0.4) is 0 Å². The average Bonchev–Trinajstić information content (AvgIpc) is 2.73. The van der Waals surface area contributed by atoms with E-state index in [-0.39, 0.29) is 0 Å². The Hall–Kier alpha value is 0.487. The van der Waals surface area contributed by atoms with Gasteiger partial charge in [0.25, 0.3) is 0 Å². The molecule has 0 N–H and O–H groups in total. The van der Waals surface area contributed by atoms with Gasteiger partial charge in [0.2, 0.25) is 0 Å². The zero-order valence-corrected chi connectivity index (χ0v) is 22.3. The second kappa shape index (κ2) is 24.8. The number of thiol groups is 1. The van der Waals surface area contributed by atoms with Crippen molar-refractivity contribution in [2.24, 2.45) is 0 Å². The first-order chi connectivity index (χ1) is 14.3. The van der Waals surface area contributed by atoms with Crippen LogP contribution in [0, 0.1) is 0 Å². The third-order valence-electron chi connectivity index (χ3n) is 5.96. The molecule has 1 unspecified atom stereocenters. The summed E-state index contributed by atoms with van der Waals surface area (Å²) < 4.78 is 12.0. The van der Waals surface area contributed by atoms with Gasteiger partial charge in [0.1, 0.15) is 0 Å².